The maximum absolute atomic E-state index is 13.2. The molecule has 5 nitrogen and oxygen atoms in total. The molecule has 1 aromatic carbocycles. The van der Waals surface area contributed by atoms with Gasteiger partial charge in [0, 0.05) is 19.2 Å². The van der Waals surface area contributed by atoms with Crippen LogP contribution in [-0.4, -0.2) is 38.8 Å². The summed E-state index contributed by atoms with van der Waals surface area (Å²) in [4.78, 5) is 16.4. The van der Waals surface area contributed by atoms with Crippen molar-refractivity contribution in [3.63, 3.8) is 0 Å². The predicted molar refractivity (Wildman–Crippen MR) is 88.1 cm³/mol. The molecule has 0 atom stereocenters. The van der Waals surface area contributed by atoms with Gasteiger partial charge in [0.25, 0.3) is 11.9 Å². The van der Waals surface area contributed by atoms with E-state index in [0.717, 1.165) is 25.7 Å². The maximum atomic E-state index is 13.2. The van der Waals surface area contributed by atoms with E-state index in [1.54, 1.807) is 7.11 Å². The molecule has 0 spiro atoms. The van der Waals surface area contributed by atoms with Crippen LogP contribution in [0, 0.1) is 5.82 Å². The summed E-state index contributed by atoms with van der Waals surface area (Å²) in [7, 11) is 1.57. The zero-order chi connectivity index (χ0) is 16.9. The van der Waals surface area contributed by atoms with Gasteiger partial charge in [-0.2, -0.15) is 0 Å². The molecule has 1 rings (SSSR count). The van der Waals surface area contributed by atoms with Crippen LogP contribution in [0.15, 0.2) is 29.3 Å². The van der Waals surface area contributed by atoms with Crippen LogP contribution in [0.5, 0.6) is 0 Å². The highest BCUT2D eigenvalue weighted by atomic mass is 19.1. The number of hydrogen-bond donors (Lipinski definition) is 1. The third-order valence-electron chi connectivity index (χ3n) is 3.10. The summed E-state index contributed by atoms with van der Waals surface area (Å²) < 4.78 is 23.5. The van der Waals surface area contributed by atoms with Gasteiger partial charge >= 0.3 is 0 Å². The van der Waals surface area contributed by atoms with E-state index < -0.39 is 11.7 Å². The normalized spacial score (nSPS) is 11.3. The van der Waals surface area contributed by atoms with Gasteiger partial charge in [-0.15, -0.1) is 0 Å². The molecule has 1 N–H and O–H groups in total. The zero-order valence-corrected chi connectivity index (χ0v) is 13.8. The molecule has 0 aliphatic rings. The van der Waals surface area contributed by atoms with E-state index in [4.69, 9.17) is 9.47 Å². The molecule has 23 heavy (non-hydrogen) atoms. The quantitative estimate of drug-likeness (QED) is 0.431. The number of amides is 1. The Hall–Kier alpha value is -1.95. The fourth-order valence-corrected chi connectivity index (χ4v) is 1.86. The Bertz CT molecular complexity index is 506. The molecule has 1 aromatic rings. The molecule has 6 heteroatoms. The van der Waals surface area contributed by atoms with Gasteiger partial charge in [-0.1, -0.05) is 32.3 Å². The predicted octanol–water partition coefficient (Wildman–Crippen LogP) is 3.15. The average molecular weight is 324 g/mol. The number of methoxy groups -OCH3 is 1. The van der Waals surface area contributed by atoms with Crippen LogP contribution in [0.25, 0.3) is 0 Å². The molecule has 0 fully saturated rings. The number of ether oxygens (including phenoxy) is 2. The Balaban J connectivity index is 2.59. The van der Waals surface area contributed by atoms with Gasteiger partial charge in [-0.25, -0.2) is 9.38 Å². The van der Waals surface area contributed by atoms with E-state index in [1.807, 2.05) is 0 Å². The highest BCUT2D eigenvalue weighted by Gasteiger charge is 2.10. The van der Waals surface area contributed by atoms with Crippen molar-refractivity contribution in [1.82, 2.24) is 5.32 Å². The van der Waals surface area contributed by atoms with Gasteiger partial charge in [0.1, 0.15) is 12.4 Å². The molecular formula is C17H25FN2O3. The maximum Gasteiger partial charge on any atom is 0.291 e. The standard InChI is InChI=1S/C17H25FN2O3/c1-3-4-5-6-10-19-17(23-12-11-22-2)20-16(21)14-8-7-9-15(18)13-14/h7-9,13H,3-6,10-12H2,1-2H3,(H,19,20,21). The van der Waals surface area contributed by atoms with Crippen molar-refractivity contribution in [3.8, 4) is 0 Å². The molecule has 0 radical (unpaired) electrons. The van der Waals surface area contributed by atoms with Crippen molar-refractivity contribution < 1.29 is 18.7 Å². The number of nitrogens with zero attached hydrogens (tertiary/aromatic N) is 1. The van der Waals surface area contributed by atoms with Crippen LogP contribution >= 0.6 is 0 Å². The first kappa shape index (κ1) is 19.1. The van der Waals surface area contributed by atoms with Gasteiger partial charge in [0.15, 0.2) is 0 Å². The molecule has 0 aliphatic heterocycles. The van der Waals surface area contributed by atoms with E-state index in [0.29, 0.717) is 13.2 Å². The fraction of sp³-hybridized carbons (Fsp3) is 0.529. The second kappa shape index (κ2) is 11.6. The topological polar surface area (TPSA) is 59.9 Å². The van der Waals surface area contributed by atoms with Crippen molar-refractivity contribution in [3.05, 3.63) is 35.6 Å². The fourth-order valence-electron chi connectivity index (χ4n) is 1.86. The highest BCUT2D eigenvalue weighted by molar-refractivity contribution is 6.04. The Kier molecular flexibility index (Phi) is 9.63. The Morgan fingerprint density at radius 1 is 1.26 bits per heavy atom. The van der Waals surface area contributed by atoms with Crippen LogP contribution in [0.4, 0.5) is 4.39 Å². The lowest BCUT2D eigenvalue weighted by Gasteiger charge is -2.10. The lowest BCUT2D eigenvalue weighted by atomic mass is 10.2. The van der Waals surface area contributed by atoms with Gasteiger partial charge in [0.05, 0.1) is 6.61 Å². The third-order valence-corrected chi connectivity index (χ3v) is 3.10. The van der Waals surface area contributed by atoms with E-state index in [2.05, 4.69) is 17.2 Å². The van der Waals surface area contributed by atoms with Crippen molar-refractivity contribution in [1.29, 1.82) is 0 Å². The van der Waals surface area contributed by atoms with Crippen LogP contribution < -0.4 is 5.32 Å². The average Bonchev–Trinajstić information content (AvgIpc) is 2.54. The second-order valence-corrected chi connectivity index (χ2v) is 5.05. The smallest absolute Gasteiger partial charge is 0.291 e. The summed E-state index contributed by atoms with van der Waals surface area (Å²) in [5.74, 6) is -0.912. The second-order valence-electron chi connectivity index (χ2n) is 5.05. The summed E-state index contributed by atoms with van der Waals surface area (Å²) in [6, 6.07) is 5.62. The number of rotatable bonds is 9. The van der Waals surface area contributed by atoms with E-state index in [1.165, 1.54) is 24.3 Å². The minimum absolute atomic E-state index is 0.146. The Labute approximate surface area is 136 Å². The molecule has 0 saturated carbocycles. The number of benzene rings is 1. The Morgan fingerprint density at radius 2 is 2.09 bits per heavy atom. The van der Waals surface area contributed by atoms with Crippen LogP contribution in [-0.2, 0) is 9.47 Å². The summed E-state index contributed by atoms with van der Waals surface area (Å²) in [5.41, 5.74) is 0.221. The lowest BCUT2D eigenvalue weighted by molar-refractivity contribution is 0.0953. The minimum atomic E-state index is -0.462. The Morgan fingerprint density at radius 3 is 2.78 bits per heavy atom. The molecule has 0 bridgehead atoms. The van der Waals surface area contributed by atoms with Crippen LogP contribution in [0.1, 0.15) is 43.0 Å². The van der Waals surface area contributed by atoms with E-state index in [9.17, 15) is 9.18 Å². The van der Waals surface area contributed by atoms with Gasteiger partial charge < -0.3 is 9.47 Å². The molecule has 0 saturated heterocycles. The van der Waals surface area contributed by atoms with E-state index in [-0.39, 0.29) is 18.2 Å². The first-order valence-electron chi connectivity index (χ1n) is 7.90. The SMILES string of the molecule is CCCCCCN=C(NC(=O)c1cccc(F)c1)OCCOC. The zero-order valence-electron chi connectivity index (χ0n) is 13.8. The molecule has 1 amide bonds. The van der Waals surface area contributed by atoms with E-state index >= 15 is 0 Å². The number of carbonyl (C=O) groups excluding carboxylic acids is 1. The number of amidine groups is 1. The van der Waals surface area contributed by atoms with Gasteiger partial charge in [0.2, 0.25) is 0 Å². The first-order valence-corrected chi connectivity index (χ1v) is 7.90. The van der Waals surface area contributed by atoms with Crippen molar-refractivity contribution >= 4 is 11.9 Å². The van der Waals surface area contributed by atoms with Gasteiger partial charge in [-0.3, -0.25) is 10.1 Å². The molecule has 0 aromatic heterocycles. The van der Waals surface area contributed by atoms with Crippen LogP contribution in [0.2, 0.25) is 0 Å². The number of halogens is 1. The summed E-state index contributed by atoms with van der Waals surface area (Å²) in [6.45, 7) is 3.39. The van der Waals surface area contributed by atoms with Crippen molar-refractivity contribution in [2.24, 2.45) is 4.99 Å². The number of hydrogen-bond acceptors (Lipinski definition) is 4. The lowest BCUT2D eigenvalue weighted by Crippen LogP contribution is -2.33. The summed E-state index contributed by atoms with van der Waals surface area (Å²) in [6.07, 6.45) is 4.33. The molecular weight excluding hydrogens is 299 g/mol. The number of unbranched alkanes of at least 4 members (excludes halogenated alkanes) is 3. The molecule has 0 heterocycles. The monoisotopic (exact) mass is 324 g/mol. The number of nitrogens with one attached hydrogen (secondary N) is 1. The molecule has 0 unspecified atom stereocenters. The number of carbonyl (C=O) groups is 1. The summed E-state index contributed by atoms with van der Waals surface area (Å²) in [5, 5.41) is 2.58. The van der Waals surface area contributed by atoms with Crippen LogP contribution in [0.3, 0.4) is 0 Å². The largest absolute Gasteiger partial charge is 0.463 e. The van der Waals surface area contributed by atoms with Gasteiger partial charge in [-0.05, 0) is 24.6 Å². The number of aliphatic imine (C=N–C) groups is 1. The molecule has 128 valence electrons. The molecule has 0 aliphatic carbocycles. The van der Waals surface area contributed by atoms with Crippen molar-refractivity contribution in [2.75, 3.05) is 26.9 Å². The minimum Gasteiger partial charge on any atom is -0.463 e. The first-order chi connectivity index (χ1) is 11.2. The third kappa shape index (κ3) is 8.30. The highest BCUT2D eigenvalue weighted by Crippen LogP contribution is 2.04. The summed E-state index contributed by atoms with van der Waals surface area (Å²) >= 11 is 0. The van der Waals surface area contributed by atoms with Crippen molar-refractivity contribution in [2.45, 2.75) is 32.6 Å².